The minimum absolute atomic E-state index is 0.327. The fraction of sp³-hybridized carbons (Fsp3) is 0.238. The van der Waals surface area contributed by atoms with Crippen LogP contribution in [0.4, 0.5) is 0 Å². The van der Waals surface area contributed by atoms with E-state index in [4.69, 9.17) is 0 Å². The lowest BCUT2D eigenvalue weighted by atomic mass is 9.91. The second-order valence-electron chi connectivity index (χ2n) is 5.87. The first-order chi connectivity index (χ1) is 10.8. The Labute approximate surface area is 132 Å². The molecule has 3 rings (SSSR count). The van der Waals surface area contributed by atoms with E-state index in [1.165, 1.54) is 40.3 Å². The molecule has 0 spiro atoms. The van der Waals surface area contributed by atoms with E-state index >= 15 is 0 Å². The van der Waals surface area contributed by atoms with Crippen molar-refractivity contribution in [3.8, 4) is 5.75 Å². The van der Waals surface area contributed by atoms with Gasteiger partial charge < -0.3 is 5.11 Å². The van der Waals surface area contributed by atoms with E-state index in [0.29, 0.717) is 5.75 Å². The van der Waals surface area contributed by atoms with Gasteiger partial charge in [0.1, 0.15) is 5.75 Å². The zero-order chi connectivity index (χ0) is 15.4. The van der Waals surface area contributed by atoms with Crippen molar-refractivity contribution in [1.82, 2.24) is 0 Å². The minimum atomic E-state index is 0.327. The van der Waals surface area contributed by atoms with Gasteiger partial charge in [-0.1, -0.05) is 61.9 Å². The highest BCUT2D eigenvalue weighted by Crippen LogP contribution is 2.27. The van der Waals surface area contributed by atoms with Gasteiger partial charge in [0.25, 0.3) is 0 Å². The Balaban J connectivity index is 2.05. The number of unbranched alkanes of at least 4 members (excludes halogenated alkanes) is 1. The van der Waals surface area contributed by atoms with Crippen molar-refractivity contribution in [3.63, 3.8) is 0 Å². The number of rotatable bonds is 5. The van der Waals surface area contributed by atoms with Crippen LogP contribution in [-0.4, -0.2) is 5.11 Å². The standard InChI is InChI=1S/C21H22O/c1-2-3-6-18-12-11-17-7-4-5-8-20(17)21(18)15-16-9-13-19(22)14-10-16/h4-5,7-14,22H,2-3,6,15H2,1H3. The topological polar surface area (TPSA) is 20.2 Å². The van der Waals surface area contributed by atoms with Gasteiger partial charge in [-0.25, -0.2) is 0 Å². The molecule has 0 heterocycles. The predicted molar refractivity (Wildman–Crippen MR) is 93.5 cm³/mol. The number of phenols is 1. The SMILES string of the molecule is CCCCc1ccc2ccccc2c1Cc1ccc(O)cc1. The number of phenolic OH excluding ortho intramolecular Hbond substituents is 1. The van der Waals surface area contributed by atoms with Crippen molar-refractivity contribution in [2.45, 2.75) is 32.6 Å². The molecule has 3 aromatic carbocycles. The Morgan fingerprint density at radius 2 is 1.64 bits per heavy atom. The number of benzene rings is 3. The van der Waals surface area contributed by atoms with Gasteiger partial charge in [0.2, 0.25) is 0 Å². The maximum Gasteiger partial charge on any atom is 0.115 e. The van der Waals surface area contributed by atoms with E-state index in [9.17, 15) is 5.11 Å². The maximum absolute atomic E-state index is 9.47. The molecule has 0 atom stereocenters. The molecular formula is C21H22O. The van der Waals surface area contributed by atoms with Crippen molar-refractivity contribution < 1.29 is 5.11 Å². The summed E-state index contributed by atoms with van der Waals surface area (Å²) in [5.41, 5.74) is 4.12. The number of hydrogen-bond acceptors (Lipinski definition) is 1. The van der Waals surface area contributed by atoms with Gasteiger partial charge in [-0.15, -0.1) is 0 Å². The third-order valence-electron chi connectivity index (χ3n) is 4.25. The Morgan fingerprint density at radius 3 is 2.41 bits per heavy atom. The highest BCUT2D eigenvalue weighted by atomic mass is 16.3. The van der Waals surface area contributed by atoms with Crippen molar-refractivity contribution >= 4 is 10.8 Å². The van der Waals surface area contributed by atoms with E-state index in [1.54, 1.807) is 12.1 Å². The van der Waals surface area contributed by atoms with E-state index in [1.807, 2.05) is 12.1 Å². The van der Waals surface area contributed by atoms with Crippen LogP contribution in [0.3, 0.4) is 0 Å². The molecule has 0 saturated heterocycles. The molecule has 0 aliphatic carbocycles. The molecule has 0 aliphatic heterocycles. The van der Waals surface area contributed by atoms with Gasteiger partial charge >= 0.3 is 0 Å². The number of aromatic hydroxyl groups is 1. The van der Waals surface area contributed by atoms with Crippen LogP contribution in [0.2, 0.25) is 0 Å². The van der Waals surface area contributed by atoms with Crippen LogP contribution in [0.5, 0.6) is 5.75 Å². The normalized spacial score (nSPS) is 11.0. The Morgan fingerprint density at radius 1 is 0.864 bits per heavy atom. The van der Waals surface area contributed by atoms with Gasteiger partial charge in [-0.2, -0.15) is 0 Å². The maximum atomic E-state index is 9.47. The first-order valence-corrected chi connectivity index (χ1v) is 8.05. The number of aryl methyl sites for hydroxylation is 1. The molecule has 1 heteroatoms. The molecule has 22 heavy (non-hydrogen) atoms. The average molecular weight is 290 g/mol. The monoisotopic (exact) mass is 290 g/mol. The summed E-state index contributed by atoms with van der Waals surface area (Å²) in [7, 11) is 0. The van der Waals surface area contributed by atoms with Crippen LogP contribution in [0.25, 0.3) is 10.8 Å². The van der Waals surface area contributed by atoms with Gasteiger partial charge in [0.15, 0.2) is 0 Å². The molecule has 112 valence electrons. The molecule has 0 radical (unpaired) electrons. The highest BCUT2D eigenvalue weighted by Gasteiger charge is 2.08. The molecule has 0 fully saturated rings. The van der Waals surface area contributed by atoms with E-state index in [0.717, 1.165) is 12.8 Å². The van der Waals surface area contributed by atoms with Crippen molar-refractivity contribution in [2.75, 3.05) is 0 Å². The van der Waals surface area contributed by atoms with Gasteiger partial charge in [-0.05, 0) is 58.9 Å². The van der Waals surface area contributed by atoms with Crippen LogP contribution in [0.15, 0.2) is 60.7 Å². The lowest BCUT2D eigenvalue weighted by Crippen LogP contribution is -1.98. The average Bonchev–Trinajstić information content (AvgIpc) is 2.56. The minimum Gasteiger partial charge on any atom is -0.508 e. The molecule has 0 bridgehead atoms. The van der Waals surface area contributed by atoms with Crippen LogP contribution in [0, 0.1) is 0 Å². The van der Waals surface area contributed by atoms with E-state index in [-0.39, 0.29) is 0 Å². The van der Waals surface area contributed by atoms with E-state index < -0.39 is 0 Å². The summed E-state index contributed by atoms with van der Waals surface area (Å²) in [6.07, 6.45) is 4.49. The molecule has 3 aromatic rings. The van der Waals surface area contributed by atoms with Gasteiger partial charge in [-0.3, -0.25) is 0 Å². The summed E-state index contributed by atoms with van der Waals surface area (Å²) in [6.45, 7) is 2.24. The fourth-order valence-corrected chi connectivity index (χ4v) is 3.01. The van der Waals surface area contributed by atoms with E-state index in [2.05, 4.69) is 43.3 Å². The Kier molecular flexibility index (Phi) is 4.43. The summed E-state index contributed by atoms with van der Waals surface area (Å²) in [5, 5.41) is 12.1. The van der Waals surface area contributed by atoms with Gasteiger partial charge in [0.05, 0.1) is 0 Å². The molecule has 1 N–H and O–H groups in total. The molecule has 1 nitrogen and oxygen atoms in total. The first kappa shape index (κ1) is 14.6. The van der Waals surface area contributed by atoms with Crippen molar-refractivity contribution in [1.29, 1.82) is 0 Å². The van der Waals surface area contributed by atoms with Crippen molar-refractivity contribution in [3.05, 3.63) is 77.4 Å². The van der Waals surface area contributed by atoms with Crippen LogP contribution >= 0.6 is 0 Å². The largest absolute Gasteiger partial charge is 0.508 e. The Bertz CT molecular complexity index is 756. The van der Waals surface area contributed by atoms with Crippen LogP contribution < -0.4 is 0 Å². The number of fused-ring (bicyclic) bond motifs is 1. The smallest absolute Gasteiger partial charge is 0.115 e. The molecule has 0 aliphatic rings. The summed E-state index contributed by atoms with van der Waals surface area (Å²) in [4.78, 5) is 0. The zero-order valence-electron chi connectivity index (χ0n) is 13.0. The first-order valence-electron chi connectivity index (χ1n) is 8.05. The van der Waals surface area contributed by atoms with Crippen molar-refractivity contribution in [2.24, 2.45) is 0 Å². The molecule has 0 unspecified atom stereocenters. The third-order valence-corrected chi connectivity index (χ3v) is 4.25. The molecule has 0 amide bonds. The predicted octanol–water partition coefficient (Wildman–Crippen LogP) is 5.48. The molecular weight excluding hydrogens is 268 g/mol. The second-order valence-corrected chi connectivity index (χ2v) is 5.87. The molecule has 0 aromatic heterocycles. The highest BCUT2D eigenvalue weighted by molar-refractivity contribution is 5.87. The number of hydrogen-bond donors (Lipinski definition) is 1. The lowest BCUT2D eigenvalue weighted by molar-refractivity contribution is 0.475. The summed E-state index contributed by atoms with van der Waals surface area (Å²) < 4.78 is 0. The van der Waals surface area contributed by atoms with Crippen LogP contribution in [0.1, 0.15) is 36.5 Å². The zero-order valence-corrected chi connectivity index (χ0v) is 13.0. The fourth-order valence-electron chi connectivity index (χ4n) is 3.01. The Hall–Kier alpha value is -2.28. The summed E-state index contributed by atoms with van der Waals surface area (Å²) in [5.74, 6) is 0.327. The molecule has 0 saturated carbocycles. The van der Waals surface area contributed by atoms with Crippen LogP contribution in [-0.2, 0) is 12.8 Å². The second kappa shape index (κ2) is 6.65. The third kappa shape index (κ3) is 3.14. The summed E-state index contributed by atoms with van der Waals surface area (Å²) >= 11 is 0. The quantitative estimate of drug-likeness (QED) is 0.659. The lowest BCUT2D eigenvalue weighted by Gasteiger charge is -2.13. The van der Waals surface area contributed by atoms with Gasteiger partial charge in [0, 0.05) is 0 Å². The summed E-state index contributed by atoms with van der Waals surface area (Å²) in [6, 6.07) is 20.7.